The van der Waals surface area contributed by atoms with Gasteiger partial charge in [-0.15, -0.1) is 0 Å². The molecule has 134 valence electrons. The Balaban J connectivity index is 1.77. The monoisotopic (exact) mass is 359 g/mol. The normalized spacial score (nSPS) is 21.5. The van der Waals surface area contributed by atoms with E-state index in [1.165, 1.54) is 32.1 Å². The van der Waals surface area contributed by atoms with E-state index in [1.807, 2.05) is 26.0 Å². The van der Waals surface area contributed by atoms with E-state index in [0.29, 0.717) is 10.8 Å². The van der Waals surface area contributed by atoms with Gasteiger partial charge in [0.15, 0.2) is 0 Å². The number of ether oxygens (including phenoxy) is 1. The van der Waals surface area contributed by atoms with Crippen LogP contribution in [0.1, 0.15) is 55.7 Å². The van der Waals surface area contributed by atoms with Crippen LogP contribution in [0.4, 0.5) is 4.79 Å². The van der Waals surface area contributed by atoms with Gasteiger partial charge in [-0.2, -0.15) is 0 Å². The molecule has 1 atom stereocenters. The van der Waals surface area contributed by atoms with Crippen molar-refractivity contribution in [3.05, 3.63) is 33.7 Å². The molecule has 1 aliphatic heterocycles. The van der Waals surface area contributed by atoms with Crippen molar-refractivity contribution in [1.82, 2.24) is 5.32 Å². The number of rotatable bonds is 4. The molecule has 1 unspecified atom stereocenters. The van der Waals surface area contributed by atoms with Gasteiger partial charge in [-0.1, -0.05) is 19.3 Å². The van der Waals surface area contributed by atoms with Crippen LogP contribution in [0.25, 0.3) is 6.08 Å². The summed E-state index contributed by atoms with van der Waals surface area (Å²) in [6.45, 7) is 6.24. The molecule has 1 aromatic rings. The van der Waals surface area contributed by atoms with E-state index in [1.54, 1.807) is 6.08 Å². The summed E-state index contributed by atoms with van der Waals surface area (Å²) in [5.41, 5.74) is 3.04. The van der Waals surface area contributed by atoms with E-state index < -0.39 is 0 Å². The largest absolute Gasteiger partial charge is 0.490 e. The quantitative estimate of drug-likeness (QED) is 0.771. The fraction of sp³-hybridized carbons (Fsp3) is 0.500. The van der Waals surface area contributed by atoms with Crippen LogP contribution in [-0.4, -0.2) is 17.3 Å². The van der Waals surface area contributed by atoms with Gasteiger partial charge < -0.3 is 4.74 Å². The minimum atomic E-state index is -0.323. The summed E-state index contributed by atoms with van der Waals surface area (Å²) in [5, 5.41) is 1.97. The lowest BCUT2D eigenvalue weighted by Gasteiger charge is -2.29. The predicted molar refractivity (Wildman–Crippen MR) is 102 cm³/mol. The number of thioether (sulfide) groups is 1. The Bertz CT molecular complexity index is 697. The third kappa shape index (κ3) is 4.27. The molecule has 4 nitrogen and oxygen atoms in total. The van der Waals surface area contributed by atoms with E-state index in [4.69, 9.17) is 4.74 Å². The Labute approximate surface area is 153 Å². The van der Waals surface area contributed by atoms with Gasteiger partial charge in [0.1, 0.15) is 5.75 Å². The van der Waals surface area contributed by atoms with Gasteiger partial charge in [0.25, 0.3) is 11.1 Å². The molecular weight excluding hydrogens is 334 g/mol. The van der Waals surface area contributed by atoms with Crippen molar-refractivity contribution in [2.75, 3.05) is 0 Å². The molecule has 1 saturated carbocycles. The third-order valence-corrected chi connectivity index (χ3v) is 5.85. The van der Waals surface area contributed by atoms with Crippen molar-refractivity contribution in [3.63, 3.8) is 0 Å². The van der Waals surface area contributed by atoms with Crippen molar-refractivity contribution < 1.29 is 14.3 Å². The molecule has 0 bridgehead atoms. The number of amides is 2. The number of hydrogen-bond donors (Lipinski definition) is 1. The second kappa shape index (κ2) is 7.65. The van der Waals surface area contributed by atoms with Crippen LogP contribution in [0.2, 0.25) is 0 Å². The lowest BCUT2D eigenvalue weighted by atomic mass is 9.86. The summed E-state index contributed by atoms with van der Waals surface area (Å²) >= 11 is 0.944. The topological polar surface area (TPSA) is 55.4 Å². The number of carbonyl (C=O) groups is 2. The Morgan fingerprint density at radius 1 is 1.16 bits per heavy atom. The molecule has 2 amide bonds. The molecule has 1 aliphatic carbocycles. The molecule has 1 saturated heterocycles. The standard InChI is InChI=1S/C20H25NO3S/c1-12-9-15(11-17-19(22)21-20(23)25-17)10-13(2)18(12)24-14(3)16-7-5-4-6-8-16/h9-11,14,16H,4-8H2,1-3H3,(H,21,22,23). The summed E-state index contributed by atoms with van der Waals surface area (Å²) in [7, 11) is 0. The molecular formula is C20H25NO3S. The van der Waals surface area contributed by atoms with Crippen molar-refractivity contribution in [2.24, 2.45) is 5.92 Å². The van der Waals surface area contributed by atoms with Gasteiger partial charge in [-0.05, 0) is 86.2 Å². The van der Waals surface area contributed by atoms with E-state index in [2.05, 4.69) is 12.2 Å². The highest BCUT2D eigenvalue weighted by molar-refractivity contribution is 8.18. The Hall–Kier alpha value is -1.75. The molecule has 1 N–H and O–H groups in total. The molecule has 0 aromatic heterocycles. The Morgan fingerprint density at radius 2 is 1.80 bits per heavy atom. The summed E-state index contributed by atoms with van der Waals surface area (Å²) in [4.78, 5) is 23.4. The first-order valence-corrected chi connectivity index (χ1v) is 9.78. The minimum Gasteiger partial charge on any atom is -0.490 e. The van der Waals surface area contributed by atoms with E-state index in [0.717, 1.165) is 34.2 Å². The highest BCUT2D eigenvalue weighted by atomic mass is 32.2. The summed E-state index contributed by atoms with van der Waals surface area (Å²) in [5.74, 6) is 1.26. The smallest absolute Gasteiger partial charge is 0.290 e. The van der Waals surface area contributed by atoms with Crippen LogP contribution in [0, 0.1) is 19.8 Å². The van der Waals surface area contributed by atoms with Crippen molar-refractivity contribution in [2.45, 2.75) is 59.0 Å². The lowest BCUT2D eigenvalue weighted by molar-refractivity contribution is -0.115. The number of imide groups is 1. The molecule has 5 heteroatoms. The molecule has 0 radical (unpaired) electrons. The average molecular weight is 359 g/mol. The molecule has 1 aromatic carbocycles. The van der Waals surface area contributed by atoms with Gasteiger partial charge in [0.2, 0.25) is 0 Å². The van der Waals surface area contributed by atoms with Crippen LogP contribution in [-0.2, 0) is 4.79 Å². The van der Waals surface area contributed by atoms with Gasteiger partial charge in [0, 0.05) is 0 Å². The lowest BCUT2D eigenvalue weighted by Crippen LogP contribution is -2.26. The maximum atomic E-state index is 11.7. The van der Waals surface area contributed by atoms with Crippen molar-refractivity contribution in [3.8, 4) is 5.75 Å². The highest BCUT2D eigenvalue weighted by Gasteiger charge is 2.25. The highest BCUT2D eigenvalue weighted by Crippen LogP contribution is 2.33. The van der Waals surface area contributed by atoms with E-state index in [-0.39, 0.29) is 17.3 Å². The third-order valence-electron chi connectivity index (χ3n) is 5.04. The fourth-order valence-electron chi connectivity index (χ4n) is 3.71. The fourth-order valence-corrected chi connectivity index (χ4v) is 4.39. The van der Waals surface area contributed by atoms with Crippen LogP contribution in [0.15, 0.2) is 17.0 Å². The van der Waals surface area contributed by atoms with Gasteiger partial charge >= 0.3 is 0 Å². The molecule has 3 rings (SSSR count). The molecule has 0 spiro atoms. The first-order valence-electron chi connectivity index (χ1n) is 8.97. The Kier molecular flexibility index (Phi) is 5.52. The maximum Gasteiger partial charge on any atom is 0.290 e. The summed E-state index contributed by atoms with van der Waals surface area (Å²) < 4.78 is 6.32. The van der Waals surface area contributed by atoms with E-state index in [9.17, 15) is 9.59 Å². The second-order valence-corrected chi connectivity index (χ2v) is 8.07. The second-order valence-electron chi connectivity index (χ2n) is 7.06. The zero-order chi connectivity index (χ0) is 18.0. The molecule has 2 aliphatic rings. The zero-order valence-corrected chi connectivity index (χ0v) is 15.9. The summed E-state index contributed by atoms with van der Waals surface area (Å²) in [6, 6.07) is 4.03. The van der Waals surface area contributed by atoms with Crippen LogP contribution in [0.3, 0.4) is 0 Å². The Morgan fingerprint density at radius 3 is 2.36 bits per heavy atom. The van der Waals surface area contributed by atoms with Crippen LogP contribution in [0.5, 0.6) is 5.75 Å². The molecule has 25 heavy (non-hydrogen) atoms. The van der Waals surface area contributed by atoms with Gasteiger partial charge in [-0.25, -0.2) is 0 Å². The number of benzene rings is 1. The number of hydrogen-bond acceptors (Lipinski definition) is 4. The average Bonchev–Trinajstić information content (AvgIpc) is 2.89. The number of aryl methyl sites for hydroxylation is 2. The zero-order valence-electron chi connectivity index (χ0n) is 15.1. The molecule has 1 heterocycles. The SMILES string of the molecule is Cc1cc(C=C2SC(=O)NC2=O)cc(C)c1OC(C)C1CCCCC1. The molecule has 2 fully saturated rings. The first kappa shape index (κ1) is 18.1. The predicted octanol–water partition coefficient (Wildman–Crippen LogP) is 4.97. The first-order chi connectivity index (χ1) is 11.9. The number of nitrogens with one attached hydrogen (secondary N) is 1. The van der Waals surface area contributed by atoms with Crippen LogP contribution < -0.4 is 10.1 Å². The van der Waals surface area contributed by atoms with Crippen molar-refractivity contribution >= 4 is 29.0 Å². The number of carbonyl (C=O) groups excluding carboxylic acids is 2. The van der Waals surface area contributed by atoms with Crippen molar-refractivity contribution in [1.29, 1.82) is 0 Å². The van der Waals surface area contributed by atoms with E-state index >= 15 is 0 Å². The maximum absolute atomic E-state index is 11.7. The minimum absolute atomic E-state index is 0.218. The van der Waals surface area contributed by atoms with Gasteiger partial charge in [0.05, 0.1) is 11.0 Å². The summed E-state index contributed by atoms with van der Waals surface area (Å²) in [6.07, 6.45) is 8.45. The van der Waals surface area contributed by atoms with Crippen LogP contribution >= 0.6 is 11.8 Å². The van der Waals surface area contributed by atoms with Gasteiger partial charge in [-0.3, -0.25) is 14.9 Å².